The van der Waals surface area contributed by atoms with E-state index in [-0.39, 0.29) is 22.1 Å². The number of amides is 1. The zero-order valence-corrected chi connectivity index (χ0v) is 21.5. The fraction of sp³-hybridized carbons (Fsp3) is 0.107. The Kier molecular flexibility index (Phi) is 8.45. The molecule has 7 nitrogen and oxygen atoms in total. The van der Waals surface area contributed by atoms with E-state index < -0.39 is 22.0 Å². The quantitative estimate of drug-likeness (QED) is 0.272. The summed E-state index contributed by atoms with van der Waals surface area (Å²) in [5.41, 5.74) is 1.28. The molecule has 1 atom stereocenters. The lowest BCUT2D eigenvalue weighted by atomic mass is 10.1. The summed E-state index contributed by atoms with van der Waals surface area (Å²) >= 11 is 6.04. The first-order chi connectivity index (χ1) is 17.8. The lowest BCUT2D eigenvalue weighted by Gasteiger charge is -2.20. The van der Waals surface area contributed by atoms with Gasteiger partial charge in [0.2, 0.25) is 15.9 Å². The third-order valence-electron chi connectivity index (χ3n) is 5.41. The van der Waals surface area contributed by atoms with Crippen LogP contribution in [0.3, 0.4) is 0 Å². The van der Waals surface area contributed by atoms with Gasteiger partial charge in [-0.05, 0) is 66.6 Å². The Morgan fingerprint density at radius 1 is 0.865 bits per heavy atom. The molecule has 4 aromatic carbocycles. The van der Waals surface area contributed by atoms with E-state index in [9.17, 15) is 13.2 Å². The van der Waals surface area contributed by atoms with Crippen LogP contribution in [0.25, 0.3) is 0 Å². The van der Waals surface area contributed by atoms with Crippen LogP contribution < -0.4 is 19.5 Å². The monoisotopic (exact) mass is 536 g/mol. The van der Waals surface area contributed by atoms with E-state index >= 15 is 0 Å². The van der Waals surface area contributed by atoms with E-state index in [1.54, 1.807) is 24.3 Å². The third-order valence-corrected chi connectivity index (χ3v) is 7.14. The number of para-hydroxylation sites is 1. The lowest BCUT2D eigenvalue weighted by Crippen LogP contribution is -2.45. The van der Waals surface area contributed by atoms with Crippen molar-refractivity contribution in [1.29, 1.82) is 0 Å². The number of sulfonamides is 1. The number of carbonyl (C=O) groups is 1. The normalized spacial score (nSPS) is 11.9. The van der Waals surface area contributed by atoms with Crippen molar-refractivity contribution in [1.82, 2.24) is 4.72 Å². The Labute approximate surface area is 221 Å². The molecule has 0 saturated carbocycles. The number of rotatable bonds is 10. The average molecular weight is 537 g/mol. The second kappa shape index (κ2) is 11.9. The Bertz CT molecular complexity index is 1450. The van der Waals surface area contributed by atoms with Crippen molar-refractivity contribution in [3.05, 3.63) is 114 Å². The predicted octanol–water partition coefficient (Wildman–Crippen LogP) is 5.67. The zero-order chi connectivity index (χ0) is 26.3. The molecule has 0 fully saturated rings. The van der Waals surface area contributed by atoms with Gasteiger partial charge in [-0.1, -0.05) is 60.1 Å². The molecule has 0 aliphatic carbocycles. The minimum Gasteiger partial charge on any atom is -0.495 e. The maximum absolute atomic E-state index is 13.3. The van der Waals surface area contributed by atoms with Gasteiger partial charge >= 0.3 is 0 Å². The van der Waals surface area contributed by atoms with Crippen molar-refractivity contribution in [3.63, 3.8) is 0 Å². The Morgan fingerprint density at radius 3 is 2.14 bits per heavy atom. The first-order valence-electron chi connectivity index (χ1n) is 11.4. The first-order valence-corrected chi connectivity index (χ1v) is 13.2. The number of carbonyl (C=O) groups excluding carboxylic acids is 1. The van der Waals surface area contributed by atoms with Gasteiger partial charge in [0.05, 0.1) is 7.11 Å². The molecule has 2 N–H and O–H groups in total. The molecule has 0 aliphatic heterocycles. The second-order valence-electron chi connectivity index (χ2n) is 8.09. The molecule has 0 heterocycles. The van der Waals surface area contributed by atoms with Crippen LogP contribution in [0.5, 0.6) is 17.2 Å². The molecular weight excluding hydrogens is 512 g/mol. The number of ether oxygens (including phenoxy) is 2. The van der Waals surface area contributed by atoms with Gasteiger partial charge in [0.25, 0.3) is 0 Å². The third kappa shape index (κ3) is 7.10. The highest BCUT2D eigenvalue weighted by Gasteiger charge is 2.28. The molecule has 37 heavy (non-hydrogen) atoms. The Balaban J connectivity index is 1.54. The van der Waals surface area contributed by atoms with Crippen LogP contribution in [0.2, 0.25) is 5.02 Å². The van der Waals surface area contributed by atoms with E-state index in [4.69, 9.17) is 21.1 Å². The maximum Gasteiger partial charge on any atom is 0.245 e. The Morgan fingerprint density at radius 2 is 1.49 bits per heavy atom. The van der Waals surface area contributed by atoms with Crippen LogP contribution in [0.4, 0.5) is 5.69 Å². The largest absolute Gasteiger partial charge is 0.495 e. The molecule has 0 spiro atoms. The molecule has 4 aromatic rings. The lowest BCUT2D eigenvalue weighted by molar-refractivity contribution is -0.117. The topological polar surface area (TPSA) is 93.7 Å². The highest BCUT2D eigenvalue weighted by molar-refractivity contribution is 7.89. The summed E-state index contributed by atoms with van der Waals surface area (Å²) < 4.78 is 40.1. The number of benzene rings is 4. The van der Waals surface area contributed by atoms with Crippen LogP contribution in [-0.4, -0.2) is 27.5 Å². The number of hydrogen-bond donors (Lipinski definition) is 2. The van der Waals surface area contributed by atoms with Gasteiger partial charge in [0.1, 0.15) is 28.2 Å². The number of anilines is 1. The minimum atomic E-state index is -4.16. The van der Waals surface area contributed by atoms with Gasteiger partial charge in [0, 0.05) is 10.7 Å². The van der Waals surface area contributed by atoms with Crippen LogP contribution >= 0.6 is 11.6 Å². The second-order valence-corrected chi connectivity index (χ2v) is 10.2. The molecule has 4 rings (SSSR count). The molecule has 0 saturated heterocycles. The van der Waals surface area contributed by atoms with Crippen LogP contribution in [0, 0.1) is 0 Å². The molecule has 0 aliphatic rings. The van der Waals surface area contributed by atoms with Gasteiger partial charge < -0.3 is 14.8 Å². The highest BCUT2D eigenvalue weighted by atomic mass is 35.5. The summed E-state index contributed by atoms with van der Waals surface area (Å²) in [4.78, 5) is 13.1. The van der Waals surface area contributed by atoms with E-state index in [0.29, 0.717) is 17.2 Å². The van der Waals surface area contributed by atoms with Crippen molar-refractivity contribution in [3.8, 4) is 17.2 Å². The van der Waals surface area contributed by atoms with E-state index in [1.807, 2.05) is 60.7 Å². The molecule has 9 heteroatoms. The summed E-state index contributed by atoms with van der Waals surface area (Å²) in [6.45, 7) is 0. The van der Waals surface area contributed by atoms with Crippen molar-refractivity contribution in [2.45, 2.75) is 17.4 Å². The smallest absolute Gasteiger partial charge is 0.245 e. The summed E-state index contributed by atoms with van der Waals surface area (Å²) in [6.07, 6.45) is 0.129. The molecule has 190 valence electrons. The first kappa shape index (κ1) is 26.2. The van der Waals surface area contributed by atoms with Gasteiger partial charge in [-0.2, -0.15) is 4.72 Å². The predicted molar refractivity (Wildman–Crippen MR) is 144 cm³/mol. The number of nitrogens with one attached hydrogen (secondary N) is 2. The maximum atomic E-state index is 13.3. The van der Waals surface area contributed by atoms with E-state index in [2.05, 4.69) is 10.0 Å². The standard InChI is InChI=1S/C28H25ClN2O5S/c1-35-26-17-12-21(29)19-27(26)37(33,34)31-25(18-20-8-4-2-5-9-20)28(32)30-22-13-15-24(16-14-22)36-23-10-6-3-7-11-23/h2-17,19,25,31H,18H2,1H3,(H,30,32). The number of methoxy groups -OCH3 is 1. The minimum absolute atomic E-state index is 0.116. The molecule has 1 unspecified atom stereocenters. The van der Waals surface area contributed by atoms with Crippen molar-refractivity contribution >= 4 is 33.2 Å². The van der Waals surface area contributed by atoms with Crippen LogP contribution in [0.1, 0.15) is 5.56 Å². The summed E-state index contributed by atoms with van der Waals surface area (Å²) in [5, 5.41) is 3.01. The fourth-order valence-electron chi connectivity index (χ4n) is 3.61. The van der Waals surface area contributed by atoms with Crippen molar-refractivity contribution in [2.75, 3.05) is 12.4 Å². The zero-order valence-electron chi connectivity index (χ0n) is 19.9. The number of hydrogen-bond acceptors (Lipinski definition) is 5. The fourth-order valence-corrected chi connectivity index (χ4v) is 5.24. The molecule has 0 aromatic heterocycles. The van der Waals surface area contributed by atoms with Gasteiger partial charge in [-0.3, -0.25) is 4.79 Å². The average Bonchev–Trinajstić information content (AvgIpc) is 2.90. The molecular formula is C28H25ClN2O5S. The highest BCUT2D eigenvalue weighted by Crippen LogP contribution is 2.28. The summed E-state index contributed by atoms with van der Waals surface area (Å²) in [5.74, 6) is 0.877. The van der Waals surface area contributed by atoms with E-state index in [0.717, 1.165) is 5.56 Å². The molecule has 0 bridgehead atoms. The molecule has 0 radical (unpaired) electrons. The van der Waals surface area contributed by atoms with Gasteiger partial charge in [-0.15, -0.1) is 0 Å². The SMILES string of the molecule is COc1ccc(Cl)cc1S(=O)(=O)NC(Cc1ccccc1)C(=O)Nc1ccc(Oc2ccccc2)cc1. The summed E-state index contributed by atoms with van der Waals surface area (Å²) in [7, 11) is -2.80. The van der Waals surface area contributed by atoms with Crippen molar-refractivity contribution < 1.29 is 22.7 Å². The Hall–Kier alpha value is -3.85. The van der Waals surface area contributed by atoms with Crippen molar-refractivity contribution in [2.24, 2.45) is 0 Å². The van der Waals surface area contributed by atoms with Gasteiger partial charge in [-0.25, -0.2) is 8.42 Å². The number of halogens is 1. The summed E-state index contributed by atoms with van der Waals surface area (Å²) in [6, 6.07) is 28.4. The van der Waals surface area contributed by atoms with Gasteiger partial charge in [0.15, 0.2) is 0 Å². The van der Waals surface area contributed by atoms with Crippen LogP contribution in [-0.2, 0) is 21.2 Å². The molecule has 1 amide bonds. The van der Waals surface area contributed by atoms with Crippen LogP contribution in [0.15, 0.2) is 108 Å². The van der Waals surface area contributed by atoms with E-state index in [1.165, 1.54) is 25.3 Å².